The minimum Gasteiger partial charge on any atom is -0.436 e. The third-order valence-corrected chi connectivity index (χ3v) is 7.29. The number of fused-ring (bicyclic) bond motifs is 3. The Morgan fingerprint density at radius 3 is 2.40 bits per heavy atom. The zero-order valence-corrected chi connectivity index (χ0v) is 21.1. The average Bonchev–Trinajstić information content (AvgIpc) is 3.19. The SMILES string of the molecule is CN(Cc1nc(Br)ccc1Sc1ncccc1C=O)C(=O)OC1c2ccccc2-c2ccccc21. The van der Waals surface area contributed by atoms with Crippen molar-refractivity contribution < 1.29 is 14.3 Å². The molecular weight excluding hydrogens is 526 g/mol. The fourth-order valence-electron chi connectivity index (χ4n) is 4.07. The summed E-state index contributed by atoms with van der Waals surface area (Å²) in [5.74, 6) is 0. The Kier molecular flexibility index (Phi) is 6.66. The van der Waals surface area contributed by atoms with Crippen LogP contribution in [0.15, 0.2) is 93.5 Å². The molecule has 174 valence electrons. The van der Waals surface area contributed by atoms with E-state index in [1.807, 2.05) is 60.7 Å². The van der Waals surface area contributed by atoms with E-state index in [9.17, 15) is 9.59 Å². The van der Waals surface area contributed by atoms with E-state index < -0.39 is 12.2 Å². The van der Waals surface area contributed by atoms with Gasteiger partial charge in [0.25, 0.3) is 0 Å². The normalized spacial score (nSPS) is 12.1. The number of nitrogens with zero attached hydrogens (tertiary/aromatic N) is 3. The topological polar surface area (TPSA) is 72.4 Å². The number of aromatic nitrogens is 2. The van der Waals surface area contributed by atoms with Crippen LogP contribution in [0.1, 0.15) is 33.3 Å². The number of rotatable bonds is 6. The Morgan fingerprint density at radius 2 is 1.71 bits per heavy atom. The number of carbonyl (C=O) groups is 2. The van der Waals surface area contributed by atoms with Gasteiger partial charge in [-0.25, -0.2) is 14.8 Å². The first-order chi connectivity index (χ1) is 17.0. The van der Waals surface area contributed by atoms with Gasteiger partial charge in [-0.15, -0.1) is 0 Å². The summed E-state index contributed by atoms with van der Waals surface area (Å²) in [7, 11) is 1.68. The van der Waals surface area contributed by atoms with Crippen molar-refractivity contribution in [2.24, 2.45) is 0 Å². The first kappa shape index (κ1) is 23.3. The summed E-state index contributed by atoms with van der Waals surface area (Å²) < 4.78 is 6.65. The molecular formula is C27H20BrN3O3S. The molecule has 2 aromatic heterocycles. The number of hydrogen-bond acceptors (Lipinski definition) is 6. The summed E-state index contributed by atoms with van der Waals surface area (Å²) in [6.45, 7) is 0.222. The molecule has 0 bridgehead atoms. The number of carbonyl (C=O) groups excluding carboxylic acids is 2. The first-order valence-electron chi connectivity index (χ1n) is 10.9. The van der Waals surface area contributed by atoms with Crippen molar-refractivity contribution in [2.75, 3.05) is 7.05 Å². The lowest BCUT2D eigenvalue weighted by Crippen LogP contribution is -2.29. The van der Waals surface area contributed by atoms with Crippen molar-refractivity contribution in [3.05, 3.63) is 106 Å². The van der Waals surface area contributed by atoms with Crippen LogP contribution in [0, 0.1) is 0 Å². The Morgan fingerprint density at radius 1 is 1.03 bits per heavy atom. The maximum absolute atomic E-state index is 13.2. The van der Waals surface area contributed by atoms with Crippen molar-refractivity contribution in [1.29, 1.82) is 0 Å². The molecule has 8 heteroatoms. The van der Waals surface area contributed by atoms with E-state index in [4.69, 9.17) is 4.74 Å². The van der Waals surface area contributed by atoms with Gasteiger partial charge < -0.3 is 9.64 Å². The number of halogens is 1. The second-order valence-corrected chi connectivity index (χ2v) is 9.83. The van der Waals surface area contributed by atoms with E-state index in [-0.39, 0.29) is 6.54 Å². The van der Waals surface area contributed by atoms with E-state index in [1.54, 1.807) is 25.4 Å². The number of hydrogen-bond donors (Lipinski definition) is 0. The van der Waals surface area contributed by atoms with Crippen LogP contribution in [0.25, 0.3) is 11.1 Å². The molecule has 0 atom stereocenters. The van der Waals surface area contributed by atoms with Crippen LogP contribution >= 0.6 is 27.7 Å². The molecule has 1 aliphatic carbocycles. The van der Waals surface area contributed by atoms with Crippen LogP contribution < -0.4 is 0 Å². The Bertz CT molecular complexity index is 1380. The maximum Gasteiger partial charge on any atom is 0.410 e. The highest BCUT2D eigenvalue weighted by molar-refractivity contribution is 9.10. The number of amides is 1. The van der Waals surface area contributed by atoms with E-state index in [1.165, 1.54) is 16.7 Å². The summed E-state index contributed by atoms with van der Waals surface area (Å²) in [5, 5.41) is 0.581. The second-order valence-electron chi connectivity index (χ2n) is 7.99. The van der Waals surface area contributed by atoms with Gasteiger partial charge in [-0.3, -0.25) is 4.79 Å². The van der Waals surface area contributed by atoms with E-state index >= 15 is 0 Å². The minimum absolute atomic E-state index is 0.222. The highest BCUT2D eigenvalue weighted by Crippen LogP contribution is 2.45. The zero-order chi connectivity index (χ0) is 24.4. The van der Waals surface area contributed by atoms with Gasteiger partial charge in [0, 0.05) is 34.8 Å². The molecule has 0 spiro atoms. The smallest absolute Gasteiger partial charge is 0.410 e. The van der Waals surface area contributed by atoms with Crippen LogP contribution in [0.3, 0.4) is 0 Å². The molecule has 35 heavy (non-hydrogen) atoms. The highest BCUT2D eigenvalue weighted by atomic mass is 79.9. The molecule has 6 nitrogen and oxygen atoms in total. The predicted octanol–water partition coefficient (Wildman–Crippen LogP) is 6.54. The average molecular weight is 546 g/mol. The molecule has 0 saturated heterocycles. The van der Waals surface area contributed by atoms with Crippen LogP contribution in [0.5, 0.6) is 0 Å². The molecule has 2 aromatic carbocycles. The van der Waals surface area contributed by atoms with Gasteiger partial charge in [0.05, 0.1) is 12.2 Å². The van der Waals surface area contributed by atoms with Gasteiger partial charge in [-0.1, -0.05) is 60.3 Å². The largest absolute Gasteiger partial charge is 0.436 e. The lowest BCUT2D eigenvalue weighted by molar-refractivity contribution is 0.0838. The fourth-order valence-corrected chi connectivity index (χ4v) is 5.33. The standard InChI is InChI=1S/C27H20BrN3O3S/c1-31(15-22-23(12-13-24(28)30-22)35-26-17(16-32)7-6-14-29-26)27(33)34-25-20-10-4-2-8-18(20)19-9-3-5-11-21(19)25/h2-14,16,25H,15H2,1H3. The summed E-state index contributed by atoms with van der Waals surface area (Å²) >= 11 is 4.75. The summed E-state index contributed by atoms with van der Waals surface area (Å²) in [5.41, 5.74) is 5.28. The minimum atomic E-state index is -0.467. The van der Waals surface area contributed by atoms with Crippen LogP contribution in [0.4, 0.5) is 4.79 Å². The number of ether oxygens (including phenoxy) is 1. The van der Waals surface area contributed by atoms with E-state index in [0.717, 1.165) is 33.4 Å². The molecule has 0 aliphatic heterocycles. The summed E-state index contributed by atoms with van der Waals surface area (Å²) in [4.78, 5) is 35.8. The summed E-state index contributed by atoms with van der Waals surface area (Å²) in [6, 6.07) is 23.1. The van der Waals surface area contributed by atoms with Gasteiger partial charge in [0.15, 0.2) is 12.4 Å². The number of pyridine rings is 2. The molecule has 0 N–H and O–H groups in total. The first-order valence-corrected chi connectivity index (χ1v) is 12.5. The molecule has 0 unspecified atom stereocenters. The lowest BCUT2D eigenvalue weighted by atomic mass is 10.1. The lowest BCUT2D eigenvalue weighted by Gasteiger charge is -2.22. The van der Waals surface area contributed by atoms with E-state index in [2.05, 4.69) is 25.9 Å². The highest BCUT2D eigenvalue weighted by Gasteiger charge is 2.32. The van der Waals surface area contributed by atoms with Crippen molar-refractivity contribution in [2.45, 2.75) is 22.6 Å². The van der Waals surface area contributed by atoms with Crippen LogP contribution in [-0.4, -0.2) is 34.3 Å². The molecule has 0 saturated carbocycles. The molecule has 5 rings (SSSR count). The maximum atomic E-state index is 13.2. The van der Waals surface area contributed by atoms with Gasteiger partial charge in [-0.05, 0) is 51.3 Å². The molecule has 2 heterocycles. The van der Waals surface area contributed by atoms with Gasteiger partial charge >= 0.3 is 6.09 Å². The molecule has 0 fully saturated rings. The van der Waals surface area contributed by atoms with E-state index in [0.29, 0.717) is 20.9 Å². The van der Waals surface area contributed by atoms with Crippen molar-refractivity contribution in [1.82, 2.24) is 14.9 Å². The zero-order valence-electron chi connectivity index (χ0n) is 18.7. The van der Waals surface area contributed by atoms with Crippen molar-refractivity contribution >= 4 is 40.1 Å². The van der Waals surface area contributed by atoms with Crippen molar-refractivity contribution in [3.8, 4) is 11.1 Å². The monoisotopic (exact) mass is 545 g/mol. The molecule has 4 aromatic rings. The molecule has 0 radical (unpaired) electrons. The van der Waals surface area contributed by atoms with Crippen LogP contribution in [0.2, 0.25) is 0 Å². The third-order valence-electron chi connectivity index (χ3n) is 5.73. The molecule has 1 amide bonds. The quantitative estimate of drug-likeness (QED) is 0.202. The number of benzene rings is 2. The van der Waals surface area contributed by atoms with Gasteiger partial charge in [0.1, 0.15) is 9.63 Å². The fraction of sp³-hybridized carbons (Fsp3) is 0.111. The molecule has 1 aliphatic rings. The van der Waals surface area contributed by atoms with Crippen molar-refractivity contribution in [3.63, 3.8) is 0 Å². The second kappa shape index (κ2) is 10.0. The summed E-state index contributed by atoms with van der Waals surface area (Å²) in [6.07, 6.45) is 1.50. The predicted molar refractivity (Wildman–Crippen MR) is 137 cm³/mol. The third kappa shape index (κ3) is 4.72. The Hall–Kier alpha value is -3.49. The van der Waals surface area contributed by atoms with Gasteiger partial charge in [-0.2, -0.15) is 0 Å². The Balaban J connectivity index is 1.37. The van der Waals surface area contributed by atoms with Gasteiger partial charge in [0.2, 0.25) is 0 Å². The Labute approximate surface area is 215 Å². The number of aldehydes is 1. The van der Waals surface area contributed by atoms with Crippen LogP contribution in [-0.2, 0) is 11.3 Å².